The van der Waals surface area contributed by atoms with E-state index in [0.29, 0.717) is 38.9 Å². The molecule has 12 nitrogen and oxygen atoms in total. The van der Waals surface area contributed by atoms with Crippen molar-refractivity contribution in [1.82, 2.24) is 10.3 Å². The predicted octanol–water partition coefficient (Wildman–Crippen LogP) is 6.75. The Hall–Kier alpha value is -5.76. The fraction of sp³-hybridized carbons (Fsp3) is 0.125. The molecule has 1 amide bonds. The molecule has 14 heteroatoms. The van der Waals surface area contributed by atoms with Crippen LogP contribution in [0.25, 0.3) is 56.0 Å². The van der Waals surface area contributed by atoms with Crippen LogP contribution in [0, 0.1) is 15.9 Å². The highest BCUT2D eigenvalue weighted by Crippen LogP contribution is 2.42. The number of nitro groups is 1. The number of benzene rings is 4. The minimum Gasteiger partial charge on any atom is -0.496 e. The fourth-order valence-electron chi connectivity index (χ4n) is 5.05. The number of fused-ring (bicyclic) bond motifs is 2. The maximum Gasteiger partial charge on any atom is 0.273 e. The number of non-ortho nitro benzene ring substituents is 1. The number of hydrogen-bond acceptors (Lipinski definition) is 9. The minimum atomic E-state index is -3.78. The van der Waals surface area contributed by atoms with Gasteiger partial charge in [0.25, 0.3) is 11.6 Å². The number of furan rings is 1. The van der Waals surface area contributed by atoms with Crippen LogP contribution in [0.1, 0.15) is 17.3 Å². The first kappa shape index (κ1) is 30.3. The van der Waals surface area contributed by atoms with E-state index in [1.165, 1.54) is 69.6 Å². The number of carbonyl (C=O) groups excluding carboxylic acids is 1. The summed E-state index contributed by atoms with van der Waals surface area (Å²) in [4.78, 5) is 28.4. The van der Waals surface area contributed by atoms with Crippen molar-refractivity contribution in [3.05, 3.63) is 94.3 Å². The molecule has 46 heavy (non-hydrogen) atoms. The number of nitrogens with zero attached hydrogens (tertiary/aromatic N) is 2. The third-order valence-electron chi connectivity index (χ3n) is 7.36. The van der Waals surface area contributed by atoms with Gasteiger partial charge in [0.15, 0.2) is 5.58 Å². The Morgan fingerprint density at radius 3 is 2.39 bits per heavy atom. The standard InChI is InChI=1S/C32H25FN4O8S/c1-4-46(41,42)36-25-16-27-22(29(31(38)34-2)30(44-27)17-5-8-19(33)9-6-17)15-21(25)18-7-12-26(43-3)23(13-18)32-35-24-11-10-20(37(39)40)14-28(24)45-32/h5-16,36H,4H2,1-3H3,(H,34,38). The number of nitrogens with one attached hydrogen (secondary N) is 2. The van der Waals surface area contributed by atoms with Gasteiger partial charge in [0.2, 0.25) is 15.9 Å². The Labute approximate surface area is 261 Å². The normalized spacial score (nSPS) is 11.6. The summed E-state index contributed by atoms with van der Waals surface area (Å²) in [6, 6.07) is 17.6. The topological polar surface area (TPSA) is 167 Å². The van der Waals surface area contributed by atoms with Crippen molar-refractivity contribution in [2.24, 2.45) is 0 Å². The second-order valence-electron chi connectivity index (χ2n) is 10.1. The van der Waals surface area contributed by atoms with Gasteiger partial charge >= 0.3 is 0 Å². The second-order valence-corrected chi connectivity index (χ2v) is 12.1. The second kappa shape index (κ2) is 11.6. The average molecular weight is 645 g/mol. The van der Waals surface area contributed by atoms with Crippen molar-refractivity contribution in [1.29, 1.82) is 0 Å². The summed E-state index contributed by atoms with van der Waals surface area (Å²) in [5.74, 6) is -0.495. The third kappa shape index (κ3) is 5.49. The zero-order chi connectivity index (χ0) is 32.7. The molecule has 2 aromatic heterocycles. The number of nitro benzene ring substituents is 1. The zero-order valence-electron chi connectivity index (χ0n) is 24.6. The van der Waals surface area contributed by atoms with Gasteiger partial charge in [0.1, 0.15) is 28.4 Å². The third-order valence-corrected chi connectivity index (χ3v) is 8.65. The molecule has 0 aliphatic rings. The van der Waals surface area contributed by atoms with E-state index in [-0.39, 0.29) is 45.5 Å². The summed E-state index contributed by atoms with van der Waals surface area (Å²) < 4.78 is 59.5. The van der Waals surface area contributed by atoms with E-state index in [2.05, 4.69) is 15.0 Å². The Bertz CT molecular complexity index is 2280. The summed E-state index contributed by atoms with van der Waals surface area (Å²) in [5.41, 5.74) is 2.67. The van der Waals surface area contributed by atoms with Crippen LogP contribution < -0.4 is 14.8 Å². The number of anilines is 1. The molecule has 6 aromatic rings. The van der Waals surface area contributed by atoms with Gasteiger partial charge in [-0.25, -0.2) is 17.8 Å². The van der Waals surface area contributed by atoms with Crippen molar-refractivity contribution in [2.45, 2.75) is 6.92 Å². The number of oxazole rings is 1. The van der Waals surface area contributed by atoms with Crippen LogP contribution in [0.5, 0.6) is 5.75 Å². The molecule has 4 aromatic carbocycles. The molecule has 0 saturated carbocycles. The van der Waals surface area contributed by atoms with Gasteiger partial charge in [0.05, 0.1) is 40.7 Å². The van der Waals surface area contributed by atoms with Gasteiger partial charge in [-0.15, -0.1) is 0 Å². The molecule has 0 bridgehead atoms. The van der Waals surface area contributed by atoms with Crippen molar-refractivity contribution in [3.8, 4) is 39.7 Å². The lowest BCUT2D eigenvalue weighted by Gasteiger charge is -2.14. The molecule has 0 saturated heterocycles. The summed E-state index contributed by atoms with van der Waals surface area (Å²) in [6.45, 7) is 1.49. The van der Waals surface area contributed by atoms with Crippen LogP contribution in [0.3, 0.4) is 0 Å². The summed E-state index contributed by atoms with van der Waals surface area (Å²) in [7, 11) is -0.861. The summed E-state index contributed by atoms with van der Waals surface area (Å²) >= 11 is 0. The number of amides is 1. The van der Waals surface area contributed by atoms with Gasteiger partial charge < -0.3 is 18.9 Å². The highest BCUT2D eigenvalue weighted by molar-refractivity contribution is 7.92. The SMILES string of the molecule is CCS(=O)(=O)Nc1cc2oc(-c3ccc(F)cc3)c(C(=O)NC)c2cc1-c1ccc(OC)c(-c2nc3ccc([N+](=O)[O-])cc3o2)c1. The van der Waals surface area contributed by atoms with Crippen LogP contribution in [0.2, 0.25) is 0 Å². The molecular formula is C32H25FN4O8S. The number of hydrogen-bond donors (Lipinski definition) is 2. The molecule has 0 aliphatic heterocycles. The molecule has 2 N–H and O–H groups in total. The Balaban J connectivity index is 1.59. The molecular weight excluding hydrogens is 619 g/mol. The van der Waals surface area contributed by atoms with Crippen LogP contribution in [-0.2, 0) is 10.0 Å². The number of aromatic nitrogens is 1. The number of rotatable bonds is 9. The molecule has 0 atom stereocenters. The number of ether oxygens (including phenoxy) is 1. The van der Waals surface area contributed by atoms with Gasteiger partial charge in [0, 0.05) is 35.7 Å². The minimum absolute atomic E-state index is 0.110. The maximum atomic E-state index is 13.7. The molecule has 0 fully saturated rings. The van der Waals surface area contributed by atoms with E-state index >= 15 is 0 Å². The molecule has 234 valence electrons. The Morgan fingerprint density at radius 2 is 1.72 bits per heavy atom. The van der Waals surface area contributed by atoms with E-state index in [1.54, 1.807) is 24.3 Å². The smallest absolute Gasteiger partial charge is 0.273 e. The van der Waals surface area contributed by atoms with Crippen molar-refractivity contribution >= 4 is 49.4 Å². The zero-order valence-corrected chi connectivity index (χ0v) is 25.4. The van der Waals surface area contributed by atoms with Gasteiger partial charge in [-0.1, -0.05) is 6.07 Å². The van der Waals surface area contributed by atoms with E-state index in [1.807, 2.05) is 0 Å². The lowest BCUT2D eigenvalue weighted by atomic mass is 9.97. The largest absolute Gasteiger partial charge is 0.496 e. The molecule has 6 rings (SSSR count). The predicted molar refractivity (Wildman–Crippen MR) is 170 cm³/mol. The Morgan fingerprint density at radius 1 is 0.978 bits per heavy atom. The number of halogens is 1. The van der Waals surface area contributed by atoms with Crippen molar-refractivity contribution in [2.75, 3.05) is 24.6 Å². The summed E-state index contributed by atoms with van der Waals surface area (Å²) in [6.07, 6.45) is 0. The molecule has 0 unspecified atom stereocenters. The van der Waals surface area contributed by atoms with Crippen LogP contribution in [0.4, 0.5) is 15.8 Å². The van der Waals surface area contributed by atoms with Gasteiger partial charge in [-0.3, -0.25) is 19.6 Å². The molecule has 0 aliphatic carbocycles. The first-order chi connectivity index (χ1) is 22.0. The van der Waals surface area contributed by atoms with Crippen molar-refractivity contribution < 1.29 is 36.1 Å². The summed E-state index contributed by atoms with van der Waals surface area (Å²) in [5, 5.41) is 14.3. The van der Waals surface area contributed by atoms with Gasteiger partial charge in [-0.2, -0.15) is 0 Å². The lowest BCUT2D eigenvalue weighted by Crippen LogP contribution is -2.18. The monoisotopic (exact) mass is 644 g/mol. The van der Waals surface area contributed by atoms with Gasteiger partial charge in [-0.05, 0) is 61.0 Å². The van der Waals surface area contributed by atoms with E-state index < -0.39 is 26.7 Å². The quantitative estimate of drug-likeness (QED) is 0.128. The molecule has 0 radical (unpaired) electrons. The highest BCUT2D eigenvalue weighted by Gasteiger charge is 2.25. The number of carbonyl (C=O) groups is 1. The Kier molecular flexibility index (Phi) is 7.65. The number of sulfonamides is 1. The molecule has 0 spiro atoms. The maximum absolute atomic E-state index is 13.7. The molecule has 2 heterocycles. The van der Waals surface area contributed by atoms with E-state index in [9.17, 15) is 27.7 Å². The average Bonchev–Trinajstić information content (AvgIpc) is 3.65. The highest BCUT2D eigenvalue weighted by atomic mass is 32.2. The van der Waals surface area contributed by atoms with Crippen LogP contribution in [0.15, 0.2) is 81.6 Å². The van der Waals surface area contributed by atoms with E-state index in [0.717, 1.165) is 0 Å². The van der Waals surface area contributed by atoms with E-state index in [4.69, 9.17) is 13.6 Å². The first-order valence-electron chi connectivity index (χ1n) is 13.8. The fourth-order valence-corrected chi connectivity index (χ4v) is 5.69. The van der Waals surface area contributed by atoms with Crippen LogP contribution in [-0.4, -0.2) is 44.1 Å². The number of methoxy groups -OCH3 is 1. The van der Waals surface area contributed by atoms with Crippen molar-refractivity contribution in [3.63, 3.8) is 0 Å². The lowest BCUT2D eigenvalue weighted by molar-refractivity contribution is -0.384. The van der Waals surface area contributed by atoms with Crippen LogP contribution >= 0.6 is 0 Å². The first-order valence-corrected chi connectivity index (χ1v) is 15.5.